The number of nitrogens with one attached hydrogen (secondary N) is 2. The van der Waals surface area contributed by atoms with Crippen molar-refractivity contribution in [3.05, 3.63) is 45.0 Å². The average molecular weight is 317 g/mol. The van der Waals surface area contributed by atoms with Crippen LogP contribution < -0.4 is 5.32 Å². The van der Waals surface area contributed by atoms with Crippen LogP contribution in [0.2, 0.25) is 0 Å². The van der Waals surface area contributed by atoms with Gasteiger partial charge in [0.1, 0.15) is 0 Å². The molecule has 0 aliphatic carbocycles. The molecule has 0 radical (unpaired) electrons. The Morgan fingerprint density at radius 1 is 1.38 bits per heavy atom. The largest absolute Gasteiger partial charge is 0.304 e. The lowest BCUT2D eigenvalue weighted by molar-refractivity contribution is 0.102. The van der Waals surface area contributed by atoms with Gasteiger partial charge >= 0.3 is 0 Å². The average Bonchev–Trinajstić information content (AvgIpc) is 3.17. The Morgan fingerprint density at radius 2 is 2.24 bits per heavy atom. The Balaban J connectivity index is 1.77. The third-order valence-corrected chi connectivity index (χ3v) is 5.15. The maximum Gasteiger partial charge on any atom is 0.267 e. The van der Waals surface area contributed by atoms with Crippen LogP contribution in [0.15, 0.2) is 29.6 Å². The van der Waals surface area contributed by atoms with Crippen molar-refractivity contribution in [1.29, 1.82) is 0 Å². The number of nitrogens with zero attached hydrogens (tertiary/aromatic N) is 1. The molecule has 0 saturated carbocycles. The second-order valence-electron chi connectivity index (χ2n) is 4.66. The maximum absolute atomic E-state index is 12.3. The molecule has 0 aliphatic rings. The minimum atomic E-state index is -0.0951. The predicted molar refractivity (Wildman–Crippen MR) is 88.3 cm³/mol. The van der Waals surface area contributed by atoms with E-state index in [9.17, 15) is 4.79 Å². The molecule has 4 nitrogen and oxygen atoms in total. The number of hydrogen-bond donors (Lipinski definition) is 2. The Bertz CT molecular complexity index is 769. The Kier molecular flexibility index (Phi) is 3.90. The molecule has 0 atom stereocenters. The van der Waals surface area contributed by atoms with Crippen LogP contribution in [0, 0.1) is 6.92 Å². The Hall–Kier alpha value is -1.92. The summed E-state index contributed by atoms with van der Waals surface area (Å²) in [6, 6.07) is 7.97. The van der Waals surface area contributed by atoms with Gasteiger partial charge in [-0.3, -0.25) is 9.89 Å². The molecule has 0 fully saturated rings. The summed E-state index contributed by atoms with van der Waals surface area (Å²) in [6.07, 6.45) is 0.854. The first kappa shape index (κ1) is 14.0. The van der Waals surface area contributed by atoms with Crippen LogP contribution in [-0.4, -0.2) is 16.1 Å². The summed E-state index contributed by atoms with van der Waals surface area (Å²) < 4.78 is 0. The van der Waals surface area contributed by atoms with E-state index in [0.29, 0.717) is 5.82 Å². The van der Waals surface area contributed by atoms with Gasteiger partial charge < -0.3 is 5.32 Å². The van der Waals surface area contributed by atoms with E-state index in [2.05, 4.69) is 28.5 Å². The fraction of sp³-hybridized carbons (Fsp3) is 0.200. The van der Waals surface area contributed by atoms with E-state index in [1.165, 1.54) is 16.2 Å². The molecular formula is C15H15N3OS2. The zero-order chi connectivity index (χ0) is 14.8. The molecule has 0 saturated heterocycles. The lowest BCUT2D eigenvalue weighted by atomic mass is 10.2. The molecule has 3 heterocycles. The molecule has 21 heavy (non-hydrogen) atoms. The SMILES string of the molecule is CCc1ccsc1C(=O)Nc1cc(-c2ccc(C)s2)[nH]n1. The summed E-state index contributed by atoms with van der Waals surface area (Å²) in [5, 5.41) is 11.9. The highest BCUT2D eigenvalue weighted by Crippen LogP contribution is 2.27. The van der Waals surface area contributed by atoms with Crippen LogP contribution >= 0.6 is 22.7 Å². The smallest absolute Gasteiger partial charge is 0.267 e. The molecular weight excluding hydrogens is 302 g/mol. The van der Waals surface area contributed by atoms with Gasteiger partial charge in [0.05, 0.1) is 15.4 Å². The maximum atomic E-state index is 12.3. The Morgan fingerprint density at radius 3 is 2.95 bits per heavy atom. The minimum Gasteiger partial charge on any atom is -0.304 e. The fourth-order valence-corrected chi connectivity index (χ4v) is 3.80. The molecule has 0 unspecified atom stereocenters. The molecule has 3 aromatic heterocycles. The van der Waals surface area contributed by atoms with E-state index in [1.807, 2.05) is 30.5 Å². The van der Waals surface area contributed by atoms with Crippen molar-refractivity contribution in [2.24, 2.45) is 0 Å². The number of H-pyrrole nitrogens is 1. The summed E-state index contributed by atoms with van der Waals surface area (Å²) in [7, 11) is 0. The lowest BCUT2D eigenvalue weighted by Gasteiger charge is -2.01. The molecule has 2 N–H and O–H groups in total. The third kappa shape index (κ3) is 2.91. The number of hydrogen-bond acceptors (Lipinski definition) is 4. The highest BCUT2D eigenvalue weighted by molar-refractivity contribution is 7.15. The van der Waals surface area contributed by atoms with Crippen molar-refractivity contribution in [2.45, 2.75) is 20.3 Å². The van der Waals surface area contributed by atoms with Crippen molar-refractivity contribution in [3.8, 4) is 10.6 Å². The molecule has 1 amide bonds. The predicted octanol–water partition coefficient (Wildman–Crippen LogP) is 4.32. The molecule has 0 aliphatic heterocycles. The number of anilines is 1. The zero-order valence-electron chi connectivity index (χ0n) is 11.8. The van der Waals surface area contributed by atoms with Crippen LogP contribution in [0.3, 0.4) is 0 Å². The molecule has 108 valence electrons. The van der Waals surface area contributed by atoms with Crippen molar-refractivity contribution in [2.75, 3.05) is 5.32 Å². The summed E-state index contributed by atoms with van der Waals surface area (Å²) in [5.41, 5.74) is 1.99. The van der Waals surface area contributed by atoms with Crippen molar-refractivity contribution in [3.63, 3.8) is 0 Å². The number of aryl methyl sites for hydroxylation is 2. The second kappa shape index (κ2) is 5.83. The number of rotatable bonds is 4. The van der Waals surface area contributed by atoms with Gasteiger partial charge in [-0.05, 0) is 42.5 Å². The van der Waals surface area contributed by atoms with Crippen LogP contribution in [-0.2, 0) is 6.42 Å². The molecule has 3 rings (SSSR count). The summed E-state index contributed by atoms with van der Waals surface area (Å²) in [6.45, 7) is 4.11. The van der Waals surface area contributed by atoms with Gasteiger partial charge in [0, 0.05) is 10.9 Å². The van der Waals surface area contributed by atoms with Gasteiger partial charge in [-0.1, -0.05) is 6.92 Å². The highest BCUT2D eigenvalue weighted by Gasteiger charge is 2.14. The molecule has 0 aromatic carbocycles. The van der Waals surface area contributed by atoms with E-state index < -0.39 is 0 Å². The van der Waals surface area contributed by atoms with Gasteiger partial charge in [0.25, 0.3) is 5.91 Å². The van der Waals surface area contributed by atoms with Gasteiger partial charge in [-0.2, -0.15) is 5.10 Å². The van der Waals surface area contributed by atoms with E-state index >= 15 is 0 Å². The van der Waals surface area contributed by atoms with Gasteiger partial charge in [-0.25, -0.2) is 0 Å². The van der Waals surface area contributed by atoms with E-state index in [1.54, 1.807) is 11.3 Å². The van der Waals surface area contributed by atoms with Crippen molar-refractivity contribution < 1.29 is 4.79 Å². The summed E-state index contributed by atoms with van der Waals surface area (Å²) >= 11 is 3.16. The first-order valence-electron chi connectivity index (χ1n) is 6.67. The van der Waals surface area contributed by atoms with Crippen LogP contribution in [0.1, 0.15) is 27.0 Å². The summed E-state index contributed by atoms with van der Waals surface area (Å²) in [4.78, 5) is 15.4. The lowest BCUT2D eigenvalue weighted by Crippen LogP contribution is -2.12. The fourth-order valence-electron chi connectivity index (χ4n) is 2.08. The first-order valence-corrected chi connectivity index (χ1v) is 8.37. The van der Waals surface area contributed by atoms with Crippen LogP contribution in [0.25, 0.3) is 10.6 Å². The number of carbonyl (C=O) groups is 1. The van der Waals surface area contributed by atoms with Crippen LogP contribution in [0.5, 0.6) is 0 Å². The number of aromatic nitrogens is 2. The quantitative estimate of drug-likeness (QED) is 0.753. The monoisotopic (exact) mass is 317 g/mol. The number of amides is 1. The molecule has 0 spiro atoms. The van der Waals surface area contributed by atoms with Crippen molar-refractivity contribution in [1.82, 2.24) is 10.2 Å². The highest BCUT2D eigenvalue weighted by atomic mass is 32.1. The van der Waals surface area contributed by atoms with Gasteiger partial charge in [0.15, 0.2) is 5.82 Å². The van der Waals surface area contributed by atoms with Gasteiger partial charge in [-0.15, -0.1) is 22.7 Å². The topological polar surface area (TPSA) is 57.8 Å². The Labute approximate surface area is 130 Å². The van der Waals surface area contributed by atoms with Crippen molar-refractivity contribution >= 4 is 34.4 Å². The molecule has 6 heteroatoms. The number of aromatic amines is 1. The van der Waals surface area contributed by atoms with Crippen LogP contribution in [0.4, 0.5) is 5.82 Å². The van der Waals surface area contributed by atoms with E-state index in [0.717, 1.165) is 27.4 Å². The first-order chi connectivity index (χ1) is 10.2. The number of carbonyl (C=O) groups excluding carboxylic acids is 1. The molecule has 0 bridgehead atoms. The zero-order valence-corrected chi connectivity index (χ0v) is 13.4. The molecule has 3 aromatic rings. The summed E-state index contributed by atoms with van der Waals surface area (Å²) in [5.74, 6) is 0.457. The minimum absolute atomic E-state index is 0.0951. The van der Waals surface area contributed by atoms with E-state index in [-0.39, 0.29) is 5.91 Å². The second-order valence-corrected chi connectivity index (χ2v) is 6.86. The standard InChI is InChI=1S/C15H15N3OS2/c1-3-10-6-7-20-14(10)15(19)16-13-8-11(17-18-13)12-5-4-9(2)21-12/h4-8H,3H2,1-2H3,(H2,16,17,18,19). The van der Waals surface area contributed by atoms with E-state index in [4.69, 9.17) is 0 Å². The normalized spacial score (nSPS) is 10.8. The number of thiophene rings is 2. The third-order valence-electron chi connectivity index (χ3n) is 3.16. The van der Waals surface area contributed by atoms with Gasteiger partial charge in [0.2, 0.25) is 0 Å².